The summed E-state index contributed by atoms with van der Waals surface area (Å²) < 4.78 is 39.3. The molecule has 2 aromatic rings. The fraction of sp³-hybridized carbons (Fsp3) is 0.143. The van der Waals surface area contributed by atoms with Crippen LogP contribution in [0.25, 0.3) is 0 Å². The van der Waals surface area contributed by atoms with E-state index in [-0.39, 0.29) is 23.7 Å². The predicted octanol–water partition coefficient (Wildman–Crippen LogP) is 2.12. The Bertz CT molecular complexity index is 794. The van der Waals surface area contributed by atoms with Crippen LogP contribution < -0.4 is 10.0 Å². The molecule has 0 saturated carbocycles. The number of halogens is 1. The van der Waals surface area contributed by atoms with Gasteiger partial charge in [0.15, 0.2) is 0 Å². The third-order valence-corrected chi connectivity index (χ3v) is 4.39. The number of hydrogen-bond donors (Lipinski definition) is 2. The molecule has 2 aromatic carbocycles. The number of hydrogen-bond acceptors (Lipinski definition) is 5. The van der Waals surface area contributed by atoms with Gasteiger partial charge in [-0.2, -0.15) is 0 Å². The fourth-order valence-corrected chi connectivity index (χ4v) is 2.87. The Hall–Kier alpha value is -2.52. The lowest BCUT2D eigenvalue weighted by Gasteiger charge is -2.09. The standard InChI is InChI=1S/C14H14FN3O4S/c15-11-2-1-3-14(10-11)23(21,22)17-9-8-16-12-4-6-13(7-5-12)18(19)20/h1-7,10,16-17H,8-9H2. The van der Waals surface area contributed by atoms with Crippen LogP contribution in [0, 0.1) is 15.9 Å². The van der Waals surface area contributed by atoms with Crippen LogP contribution in [0.15, 0.2) is 53.4 Å². The van der Waals surface area contributed by atoms with Crippen LogP contribution in [0.3, 0.4) is 0 Å². The normalized spacial score (nSPS) is 11.2. The van der Waals surface area contributed by atoms with Crippen molar-refractivity contribution in [3.05, 3.63) is 64.5 Å². The van der Waals surface area contributed by atoms with E-state index in [1.54, 1.807) is 0 Å². The van der Waals surface area contributed by atoms with E-state index in [1.807, 2.05) is 0 Å². The minimum absolute atomic E-state index is 0.0256. The number of nitrogens with zero attached hydrogens (tertiary/aromatic N) is 1. The fourth-order valence-electron chi connectivity index (χ4n) is 1.81. The van der Waals surface area contributed by atoms with Crippen LogP contribution in [-0.4, -0.2) is 26.4 Å². The van der Waals surface area contributed by atoms with Crippen LogP contribution in [0.2, 0.25) is 0 Å². The lowest BCUT2D eigenvalue weighted by Crippen LogP contribution is -2.29. The van der Waals surface area contributed by atoms with E-state index in [2.05, 4.69) is 10.0 Å². The van der Waals surface area contributed by atoms with Crippen LogP contribution in [0.1, 0.15) is 0 Å². The smallest absolute Gasteiger partial charge is 0.269 e. The van der Waals surface area contributed by atoms with Crippen LogP contribution >= 0.6 is 0 Å². The maximum atomic E-state index is 13.0. The van der Waals surface area contributed by atoms with E-state index in [0.717, 1.165) is 12.1 Å². The van der Waals surface area contributed by atoms with Crippen molar-refractivity contribution < 1.29 is 17.7 Å². The SMILES string of the molecule is O=[N+]([O-])c1ccc(NCCNS(=O)(=O)c2cccc(F)c2)cc1. The number of non-ortho nitro benzene ring substituents is 1. The van der Waals surface area contributed by atoms with Crippen molar-refractivity contribution in [3.8, 4) is 0 Å². The van der Waals surface area contributed by atoms with E-state index >= 15 is 0 Å². The van der Waals surface area contributed by atoms with E-state index in [4.69, 9.17) is 0 Å². The molecule has 0 fully saturated rings. The highest BCUT2D eigenvalue weighted by atomic mass is 32.2. The van der Waals surface area contributed by atoms with Crippen molar-refractivity contribution in [1.82, 2.24) is 4.72 Å². The molecular weight excluding hydrogens is 325 g/mol. The Labute approximate surface area is 132 Å². The minimum Gasteiger partial charge on any atom is -0.384 e. The minimum atomic E-state index is -3.77. The number of anilines is 1. The molecule has 0 aliphatic heterocycles. The van der Waals surface area contributed by atoms with Crippen LogP contribution in [0.5, 0.6) is 0 Å². The van der Waals surface area contributed by atoms with Gasteiger partial charge in [-0.3, -0.25) is 10.1 Å². The molecule has 0 bridgehead atoms. The van der Waals surface area contributed by atoms with Crippen molar-refractivity contribution >= 4 is 21.4 Å². The number of sulfonamides is 1. The second-order valence-corrected chi connectivity index (χ2v) is 6.35. The van der Waals surface area contributed by atoms with Gasteiger partial charge in [0.1, 0.15) is 5.82 Å². The zero-order valence-electron chi connectivity index (χ0n) is 11.9. The summed E-state index contributed by atoms with van der Waals surface area (Å²) in [5, 5.41) is 13.4. The molecule has 0 unspecified atom stereocenters. The average molecular weight is 339 g/mol. The number of nitrogens with one attached hydrogen (secondary N) is 2. The number of benzene rings is 2. The van der Waals surface area contributed by atoms with Gasteiger partial charge in [0.05, 0.1) is 9.82 Å². The van der Waals surface area contributed by atoms with Gasteiger partial charge in [0.2, 0.25) is 10.0 Å². The molecule has 0 amide bonds. The molecule has 122 valence electrons. The van der Waals surface area contributed by atoms with Gasteiger partial charge in [-0.25, -0.2) is 17.5 Å². The largest absolute Gasteiger partial charge is 0.384 e. The molecule has 0 aromatic heterocycles. The van der Waals surface area contributed by atoms with Crippen molar-refractivity contribution in [2.75, 3.05) is 18.4 Å². The van der Waals surface area contributed by atoms with Crippen molar-refractivity contribution in [1.29, 1.82) is 0 Å². The highest BCUT2D eigenvalue weighted by Crippen LogP contribution is 2.15. The molecular formula is C14H14FN3O4S. The van der Waals surface area contributed by atoms with Crippen LogP contribution in [-0.2, 0) is 10.0 Å². The molecule has 0 saturated heterocycles. The molecule has 7 nitrogen and oxygen atoms in total. The van der Waals surface area contributed by atoms with Gasteiger partial charge in [0, 0.05) is 30.9 Å². The number of rotatable bonds is 7. The van der Waals surface area contributed by atoms with Gasteiger partial charge < -0.3 is 5.32 Å². The second kappa shape index (κ2) is 7.16. The number of nitro groups is 1. The number of nitro benzene ring substituents is 1. The van der Waals surface area contributed by atoms with Gasteiger partial charge in [-0.15, -0.1) is 0 Å². The third kappa shape index (κ3) is 4.73. The molecule has 0 aliphatic rings. The lowest BCUT2D eigenvalue weighted by atomic mass is 10.3. The monoisotopic (exact) mass is 339 g/mol. The highest BCUT2D eigenvalue weighted by Gasteiger charge is 2.13. The summed E-state index contributed by atoms with van der Waals surface area (Å²) in [5.41, 5.74) is 0.600. The van der Waals surface area contributed by atoms with Gasteiger partial charge >= 0.3 is 0 Å². The summed E-state index contributed by atoms with van der Waals surface area (Å²) in [6.45, 7) is 0.349. The Morgan fingerprint density at radius 2 is 1.78 bits per heavy atom. The Balaban J connectivity index is 1.86. The van der Waals surface area contributed by atoms with Gasteiger partial charge in [0.25, 0.3) is 5.69 Å². The zero-order chi connectivity index (χ0) is 16.9. The van der Waals surface area contributed by atoms with Crippen molar-refractivity contribution in [3.63, 3.8) is 0 Å². The van der Waals surface area contributed by atoms with E-state index in [1.165, 1.54) is 36.4 Å². The molecule has 0 aliphatic carbocycles. The molecule has 9 heteroatoms. The molecule has 0 spiro atoms. The molecule has 0 heterocycles. The summed E-state index contributed by atoms with van der Waals surface area (Å²) in [6.07, 6.45) is 0. The Morgan fingerprint density at radius 1 is 1.09 bits per heavy atom. The topological polar surface area (TPSA) is 101 Å². The lowest BCUT2D eigenvalue weighted by molar-refractivity contribution is -0.384. The second-order valence-electron chi connectivity index (χ2n) is 4.59. The highest BCUT2D eigenvalue weighted by molar-refractivity contribution is 7.89. The summed E-state index contributed by atoms with van der Waals surface area (Å²) in [4.78, 5) is 9.87. The molecule has 0 radical (unpaired) electrons. The Kier molecular flexibility index (Phi) is 5.24. The van der Waals surface area contributed by atoms with Gasteiger partial charge in [-0.05, 0) is 30.3 Å². The van der Waals surface area contributed by atoms with Crippen molar-refractivity contribution in [2.45, 2.75) is 4.90 Å². The maximum absolute atomic E-state index is 13.0. The first-order valence-electron chi connectivity index (χ1n) is 6.62. The summed E-state index contributed by atoms with van der Waals surface area (Å²) in [6, 6.07) is 10.5. The predicted molar refractivity (Wildman–Crippen MR) is 83.2 cm³/mol. The maximum Gasteiger partial charge on any atom is 0.269 e. The van der Waals surface area contributed by atoms with Crippen LogP contribution in [0.4, 0.5) is 15.8 Å². The molecule has 0 atom stereocenters. The average Bonchev–Trinajstić information content (AvgIpc) is 2.52. The first kappa shape index (κ1) is 16.8. The first-order valence-corrected chi connectivity index (χ1v) is 8.10. The summed E-state index contributed by atoms with van der Waals surface area (Å²) >= 11 is 0. The molecule has 23 heavy (non-hydrogen) atoms. The third-order valence-electron chi connectivity index (χ3n) is 2.93. The summed E-state index contributed by atoms with van der Waals surface area (Å²) in [5.74, 6) is -0.628. The van der Waals surface area contributed by atoms with E-state index in [0.29, 0.717) is 5.69 Å². The Morgan fingerprint density at radius 3 is 2.39 bits per heavy atom. The molecule has 2 rings (SSSR count). The van der Waals surface area contributed by atoms with E-state index < -0.39 is 20.8 Å². The van der Waals surface area contributed by atoms with Crippen molar-refractivity contribution in [2.24, 2.45) is 0 Å². The summed E-state index contributed by atoms with van der Waals surface area (Å²) in [7, 11) is -3.77. The quantitative estimate of drug-likeness (QED) is 0.457. The van der Waals surface area contributed by atoms with Gasteiger partial charge in [-0.1, -0.05) is 6.07 Å². The molecule has 2 N–H and O–H groups in total. The zero-order valence-corrected chi connectivity index (χ0v) is 12.7. The van der Waals surface area contributed by atoms with E-state index in [9.17, 15) is 22.9 Å². The first-order chi connectivity index (χ1) is 10.9.